The molecular formula is C16H28N4O3. The van der Waals surface area contributed by atoms with E-state index in [-0.39, 0.29) is 18.4 Å². The molecule has 1 N–H and O–H groups in total. The molecule has 0 unspecified atom stereocenters. The normalized spacial score (nSPS) is 28.2. The Morgan fingerprint density at radius 3 is 2.74 bits per heavy atom. The van der Waals surface area contributed by atoms with E-state index < -0.39 is 0 Å². The molecule has 0 spiro atoms. The molecule has 0 aromatic heterocycles. The number of likely N-dealkylation sites (tertiary alicyclic amines) is 1. The van der Waals surface area contributed by atoms with Crippen LogP contribution in [0.2, 0.25) is 0 Å². The minimum Gasteiger partial charge on any atom is -0.376 e. The van der Waals surface area contributed by atoms with Crippen LogP contribution in [0, 0.1) is 0 Å². The zero-order valence-electron chi connectivity index (χ0n) is 14.0. The first-order valence-corrected chi connectivity index (χ1v) is 8.75. The summed E-state index contributed by atoms with van der Waals surface area (Å²) in [6.45, 7) is 8.52. The lowest BCUT2D eigenvalue weighted by Crippen LogP contribution is -2.55. The average molecular weight is 324 g/mol. The summed E-state index contributed by atoms with van der Waals surface area (Å²) < 4.78 is 5.60. The van der Waals surface area contributed by atoms with Crippen LogP contribution in [-0.2, 0) is 14.3 Å². The summed E-state index contributed by atoms with van der Waals surface area (Å²) in [4.78, 5) is 30.3. The fourth-order valence-electron chi connectivity index (χ4n) is 3.73. The van der Waals surface area contributed by atoms with E-state index in [0.717, 1.165) is 52.2 Å². The molecule has 0 bridgehead atoms. The van der Waals surface area contributed by atoms with Crippen LogP contribution >= 0.6 is 0 Å². The summed E-state index contributed by atoms with van der Waals surface area (Å²) in [5.74, 6) is 0.121. The average Bonchev–Trinajstić information content (AvgIpc) is 2.57. The van der Waals surface area contributed by atoms with Crippen LogP contribution in [0.25, 0.3) is 0 Å². The highest BCUT2D eigenvalue weighted by molar-refractivity contribution is 5.86. The number of carbonyl (C=O) groups is 2. The van der Waals surface area contributed by atoms with Crippen LogP contribution < -0.4 is 5.32 Å². The highest BCUT2D eigenvalue weighted by Crippen LogP contribution is 2.19. The topological polar surface area (TPSA) is 65.1 Å². The lowest BCUT2D eigenvalue weighted by atomic mass is 10.0. The van der Waals surface area contributed by atoms with Crippen molar-refractivity contribution in [3.8, 4) is 0 Å². The molecular weight excluding hydrogens is 296 g/mol. The summed E-state index contributed by atoms with van der Waals surface area (Å²) >= 11 is 0. The maximum atomic E-state index is 12.4. The zero-order chi connectivity index (χ0) is 16.2. The fraction of sp³-hybridized carbons (Fsp3) is 0.875. The number of nitrogens with one attached hydrogen (secondary N) is 1. The van der Waals surface area contributed by atoms with Crippen LogP contribution in [0.15, 0.2) is 0 Å². The van der Waals surface area contributed by atoms with E-state index >= 15 is 0 Å². The number of amides is 2. The number of ether oxygens (including phenoxy) is 1. The van der Waals surface area contributed by atoms with Crippen molar-refractivity contribution in [3.63, 3.8) is 0 Å². The Hall–Kier alpha value is -1.18. The number of hydrogen-bond acceptors (Lipinski definition) is 5. The largest absolute Gasteiger partial charge is 0.376 e. The van der Waals surface area contributed by atoms with Crippen LogP contribution in [0.3, 0.4) is 0 Å². The summed E-state index contributed by atoms with van der Waals surface area (Å²) in [5.41, 5.74) is 0. The molecule has 0 aliphatic carbocycles. The van der Waals surface area contributed by atoms with E-state index in [9.17, 15) is 9.59 Å². The molecule has 130 valence electrons. The fourth-order valence-corrected chi connectivity index (χ4v) is 3.73. The van der Waals surface area contributed by atoms with Crippen molar-refractivity contribution < 1.29 is 14.3 Å². The number of hydrogen-bond donors (Lipinski definition) is 1. The van der Waals surface area contributed by atoms with E-state index in [4.69, 9.17) is 4.74 Å². The molecule has 3 aliphatic heterocycles. The Morgan fingerprint density at radius 1 is 1.26 bits per heavy atom. The monoisotopic (exact) mass is 324 g/mol. The van der Waals surface area contributed by atoms with Gasteiger partial charge in [-0.05, 0) is 19.8 Å². The molecule has 3 aliphatic rings. The van der Waals surface area contributed by atoms with Gasteiger partial charge in [-0.2, -0.15) is 0 Å². The number of carbonyl (C=O) groups excluding carboxylic acids is 2. The Balaban J connectivity index is 1.44. The van der Waals surface area contributed by atoms with Gasteiger partial charge in [0, 0.05) is 45.3 Å². The maximum absolute atomic E-state index is 12.4. The number of nitrogens with zero attached hydrogens (tertiary/aromatic N) is 3. The molecule has 3 saturated heterocycles. The van der Waals surface area contributed by atoms with E-state index in [1.807, 2.05) is 4.90 Å². The van der Waals surface area contributed by atoms with Gasteiger partial charge < -0.3 is 19.9 Å². The second-order valence-corrected chi connectivity index (χ2v) is 6.78. The second kappa shape index (κ2) is 7.59. The Labute approximate surface area is 137 Å². The predicted octanol–water partition coefficient (Wildman–Crippen LogP) is -0.870. The predicted molar refractivity (Wildman–Crippen MR) is 86.0 cm³/mol. The number of rotatable bonds is 3. The lowest BCUT2D eigenvalue weighted by molar-refractivity contribution is -0.142. The molecule has 0 aromatic carbocycles. The van der Waals surface area contributed by atoms with Crippen molar-refractivity contribution in [1.82, 2.24) is 20.0 Å². The van der Waals surface area contributed by atoms with E-state index in [1.165, 1.54) is 0 Å². The third-order valence-electron chi connectivity index (χ3n) is 5.12. The minimum atomic E-state index is 0.0294. The molecule has 3 fully saturated rings. The molecule has 2 amide bonds. The number of morpholine rings is 1. The number of piperazine rings is 1. The molecule has 0 radical (unpaired) electrons. The maximum Gasteiger partial charge on any atom is 0.242 e. The molecule has 0 aromatic rings. The first-order valence-electron chi connectivity index (χ1n) is 8.75. The van der Waals surface area contributed by atoms with Gasteiger partial charge in [-0.1, -0.05) is 0 Å². The van der Waals surface area contributed by atoms with E-state index in [2.05, 4.69) is 17.1 Å². The summed E-state index contributed by atoms with van der Waals surface area (Å²) in [6.07, 6.45) is 2.35. The molecule has 7 heteroatoms. The van der Waals surface area contributed by atoms with Gasteiger partial charge in [-0.3, -0.25) is 14.5 Å². The molecule has 3 rings (SSSR count). The van der Waals surface area contributed by atoms with Crippen molar-refractivity contribution in [1.29, 1.82) is 0 Å². The van der Waals surface area contributed by atoms with Gasteiger partial charge in [-0.15, -0.1) is 0 Å². The molecule has 23 heavy (non-hydrogen) atoms. The zero-order valence-corrected chi connectivity index (χ0v) is 14.0. The van der Waals surface area contributed by atoms with Crippen molar-refractivity contribution in [2.24, 2.45) is 0 Å². The van der Waals surface area contributed by atoms with Gasteiger partial charge >= 0.3 is 0 Å². The van der Waals surface area contributed by atoms with Crippen molar-refractivity contribution in [3.05, 3.63) is 0 Å². The summed E-state index contributed by atoms with van der Waals surface area (Å²) in [7, 11) is 0. The highest BCUT2D eigenvalue weighted by atomic mass is 16.5. The van der Waals surface area contributed by atoms with Gasteiger partial charge in [0.1, 0.15) is 0 Å². The Kier molecular flexibility index (Phi) is 5.50. The van der Waals surface area contributed by atoms with Crippen molar-refractivity contribution >= 4 is 11.8 Å². The Bertz CT molecular complexity index is 437. The SMILES string of the molecule is C[C@H]1CN(C2CCN(C(=O)CN3CCNCC3=O)CC2)CCO1. The smallest absolute Gasteiger partial charge is 0.242 e. The first kappa shape index (κ1) is 16.7. The summed E-state index contributed by atoms with van der Waals surface area (Å²) in [5, 5.41) is 3.03. The van der Waals surface area contributed by atoms with Crippen LogP contribution in [-0.4, -0.2) is 97.6 Å². The van der Waals surface area contributed by atoms with E-state index in [0.29, 0.717) is 25.2 Å². The van der Waals surface area contributed by atoms with Gasteiger partial charge in [-0.25, -0.2) is 0 Å². The Morgan fingerprint density at radius 2 is 2.04 bits per heavy atom. The molecule has 1 atom stereocenters. The standard InChI is InChI=1S/C16H28N4O3/c1-13-11-19(8-9-23-13)14-2-5-18(6-3-14)16(22)12-20-7-4-17-10-15(20)21/h13-14,17H,2-12H2,1H3/t13-/m0/s1. The van der Waals surface area contributed by atoms with Crippen LogP contribution in [0.5, 0.6) is 0 Å². The molecule has 7 nitrogen and oxygen atoms in total. The van der Waals surface area contributed by atoms with Gasteiger partial charge in [0.25, 0.3) is 0 Å². The molecule has 3 heterocycles. The minimum absolute atomic E-state index is 0.0294. The highest BCUT2D eigenvalue weighted by Gasteiger charge is 2.30. The van der Waals surface area contributed by atoms with Crippen LogP contribution in [0.4, 0.5) is 0 Å². The van der Waals surface area contributed by atoms with Gasteiger partial charge in [0.05, 0.1) is 25.8 Å². The van der Waals surface area contributed by atoms with Gasteiger partial charge in [0.2, 0.25) is 11.8 Å². The molecule has 0 saturated carbocycles. The third-order valence-corrected chi connectivity index (χ3v) is 5.12. The first-order chi connectivity index (χ1) is 11.1. The summed E-state index contributed by atoms with van der Waals surface area (Å²) in [6, 6.07) is 0.561. The van der Waals surface area contributed by atoms with Crippen molar-refractivity contribution in [2.75, 3.05) is 59.0 Å². The van der Waals surface area contributed by atoms with Crippen LogP contribution in [0.1, 0.15) is 19.8 Å². The number of piperidine rings is 1. The second-order valence-electron chi connectivity index (χ2n) is 6.78. The van der Waals surface area contributed by atoms with Gasteiger partial charge in [0.15, 0.2) is 0 Å². The third kappa shape index (κ3) is 4.22. The van der Waals surface area contributed by atoms with E-state index in [1.54, 1.807) is 4.90 Å². The quantitative estimate of drug-likeness (QED) is 0.731. The van der Waals surface area contributed by atoms with Crippen molar-refractivity contribution in [2.45, 2.75) is 31.9 Å². The lowest BCUT2D eigenvalue weighted by Gasteiger charge is -2.42.